The summed E-state index contributed by atoms with van der Waals surface area (Å²) in [6, 6.07) is 12.1. The molecule has 2 aromatic heterocycles. The molecular weight excluding hydrogens is 288 g/mol. The second kappa shape index (κ2) is 7.20. The van der Waals surface area contributed by atoms with Gasteiger partial charge in [0.15, 0.2) is 0 Å². The first-order valence-electron chi connectivity index (χ1n) is 7.72. The molecule has 23 heavy (non-hydrogen) atoms. The molecule has 1 aromatic carbocycles. The zero-order valence-electron chi connectivity index (χ0n) is 13.5. The molecule has 0 atom stereocenters. The Morgan fingerprint density at radius 1 is 1.09 bits per heavy atom. The van der Waals surface area contributed by atoms with Crippen LogP contribution in [0.4, 0.5) is 0 Å². The molecule has 0 aliphatic carbocycles. The van der Waals surface area contributed by atoms with Crippen LogP contribution in [0.25, 0.3) is 11.5 Å². The first-order valence-corrected chi connectivity index (χ1v) is 7.72. The smallest absolute Gasteiger partial charge is 0.226 e. The number of hydrogen-bond acceptors (Lipinski definition) is 4. The number of pyridine rings is 1. The van der Waals surface area contributed by atoms with E-state index < -0.39 is 0 Å². The highest BCUT2D eigenvalue weighted by Gasteiger charge is 2.09. The molecule has 0 N–H and O–H groups in total. The number of hydrogen-bond donors (Lipinski definition) is 0. The summed E-state index contributed by atoms with van der Waals surface area (Å²) in [5, 5.41) is 0. The molecule has 0 saturated carbocycles. The van der Waals surface area contributed by atoms with Gasteiger partial charge in [-0.05, 0) is 37.6 Å². The van der Waals surface area contributed by atoms with Crippen LogP contribution in [-0.2, 0) is 17.8 Å². The van der Waals surface area contributed by atoms with E-state index in [1.165, 1.54) is 5.56 Å². The Balaban J connectivity index is 1.55. The van der Waals surface area contributed by atoms with E-state index in [0.717, 1.165) is 28.9 Å². The Hall–Kier alpha value is -2.46. The lowest BCUT2D eigenvalue weighted by Gasteiger charge is -2.02. The van der Waals surface area contributed by atoms with E-state index in [0.29, 0.717) is 19.1 Å². The molecule has 118 valence electrons. The lowest BCUT2D eigenvalue weighted by Crippen LogP contribution is -2.00. The van der Waals surface area contributed by atoms with Gasteiger partial charge in [-0.25, -0.2) is 4.98 Å². The first-order chi connectivity index (χ1) is 11.2. The number of nitrogens with zero attached hydrogens (tertiary/aromatic N) is 2. The maximum absolute atomic E-state index is 5.66. The maximum Gasteiger partial charge on any atom is 0.226 e. The van der Waals surface area contributed by atoms with Crippen LogP contribution >= 0.6 is 0 Å². The zero-order valence-corrected chi connectivity index (χ0v) is 13.5. The van der Waals surface area contributed by atoms with Gasteiger partial charge < -0.3 is 9.15 Å². The lowest BCUT2D eigenvalue weighted by molar-refractivity contribution is 0.120. The Labute approximate surface area is 136 Å². The van der Waals surface area contributed by atoms with E-state index in [2.05, 4.69) is 35.9 Å². The lowest BCUT2D eigenvalue weighted by atomic mass is 10.1. The average molecular weight is 308 g/mol. The monoisotopic (exact) mass is 308 g/mol. The highest BCUT2D eigenvalue weighted by Crippen LogP contribution is 2.23. The van der Waals surface area contributed by atoms with Crippen molar-refractivity contribution in [2.45, 2.75) is 26.9 Å². The Morgan fingerprint density at radius 2 is 2.00 bits per heavy atom. The van der Waals surface area contributed by atoms with Crippen molar-refractivity contribution in [2.75, 3.05) is 6.61 Å². The quantitative estimate of drug-likeness (QED) is 0.643. The van der Waals surface area contributed by atoms with E-state index in [1.54, 1.807) is 12.5 Å². The Bertz CT molecular complexity index is 766. The van der Waals surface area contributed by atoms with Gasteiger partial charge in [0, 0.05) is 23.9 Å². The molecule has 3 aromatic rings. The molecule has 0 bridgehead atoms. The molecule has 0 saturated heterocycles. The van der Waals surface area contributed by atoms with Gasteiger partial charge in [0.2, 0.25) is 5.89 Å². The fourth-order valence-corrected chi connectivity index (χ4v) is 2.45. The maximum atomic E-state index is 5.66. The molecule has 0 fully saturated rings. The molecule has 0 spiro atoms. The van der Waals surface area contributed by atoms with Crippen molar-refractivity contribution >= 4 is 0 Å². The highest BCUT2D eigenvalue weighted by atomic mass is 16.5. The van der Waals surface area contributed by atoms with Gasteiger partial charge in [-0.1, -0.05) is 23.8 Å². The SMILES string of the molecule is Cc1ccc(-c2nc(COCCc3ccccn3)co2)c(C)c1. The summed E-state index contributed by atoms with van der Waals surface area (Å²) >= 11 is 0. The summed E-state index contributed by atoms with van der Waals surface area (Å²) in [7, 11) is 0. The standard InChI is InChI=1S/C19H20N2O2/c1-14-6-7-18(15(2)11-14)19-21-17(13-23-19)12-22-10-8-16-5-3-4-9-20-16/h3-7,9,11,13H,8,10,12H2,1-2H3. The molecular formula is C19H20N2O2. The number of rotatable bonds is 6. The highest BCUT2D eigenvalue weighted by molar-refractivity contribution is 5.59. The minimum atomic E-state index is 0.446. The van der Waals surface area contributed by atoms with Crippen LogP contribution in [0.1, 0.15) is 22.5 Å². The number of aromatic nitrogens is 2. The summed E-state index contributed by atoms with van der Waals surface area (Å²) in [6.07, 6.45) is 4.25. The van der Waals surface area contributed by atoms with E-state index in [1.807, 2.05) is 24.3 Å². The average Bonchev–Trinajstić information content (AvgIpc) is 3.01. The predicted molar refractivity (Wildman–Crippen MR) is 89.0 cm³/mol. The van der Waals surface area contributed by atoms with E-state index in [9.17, 15) is 0 Å². The van der Waals surface area contributed by atoms with Crippen LogP contribution in [0, 0.1) is 13.8 Å². The number of oxazole rings is 1. The summed E-state index contributed by atoms with van der Waals surface area (Å²) in [5.41, 5.74) is 5.25. The van der Waals surface area contributed by atoms with Crippen molar-refractivity contribution in [2.24, 2.45) is 0 Å². The molecule has 0 amide bonds. The van der Waals surface area contributed by atoms with Gasteiger partial charge in [-0.3, -0.25) is 4.98 Å². The van der Waals surface area contributed by atoms with Gasteiger partial charge in [-0.2, -0.15) is 0 Å². The van der Waals surface area contributed by atoms with E-state index >= 15 is 0 Å². The number of aryl methyl sites for hydroxylation is 2. The second-order valence-electron chi connectivity index (χ2n) is 5.59. The number of ether oxygens (including phenoxy) is 1. The van der Waals surface area contributed by atoms with Crippen molar-refractivity contribution in [3.8, 4) is 11.5 Å². The van der Waals surface area contributed by atoms with Crippen LogP contribution in [-0.4, -0.2) is 16.6 Å². The van der Waals surface area contributed by atoms with Gasteiger partial charge in [0.25, 0.3) is 0 Å². The van der Waals surface area contributed by atoms with Crippen LogP contribution in [0.2, 0.25) is 0 Å². The minimum Gasteiger partial charge on any atom is -0.444 e. The van der Waals surface area contributed by atoms with Crippen LogP contribution in [0.3, 0.4) is 0 Å². The molecule has 0 radical (unpaired) electrons. The van der Waals surface area contributed by atoms with Crippen LogP contribution in [0.5, 0.6) is 0 Å². The summed E-state index contributed by atoms with van der Waals surface area (Å²) < 4.78 is 11.2. The third kappa shape index (κ3) is 4.05. The number of benzene rings is 1. The van der Waals surface area contributed by atoms with Crippen molar-refractivity contribution in [1.82, 2.24) is 9.97 Å². The third-order valence-electron chi connectivity index (χ3n) is 3.64. The normalized spacial score (nSPS) is 10.9. The summed E-state index contributed by atoms with van der Waals surface area (Å²) in [5.74, 6) is 0.644. The van der Waals surface area contributed by atoms with Crippen molar-refractivity contribution < 1.29 is 9.15 Å². The summed E-state index contributed by atoms with van der Waals surface area (Å²) in [6.45, 7) is 5.20. The topological polar surface area (TPSA) is 48.2 Å². The molecule has 0 unspecified atom stereocenters. The summed E-state index contributed by atoms with van der Waals surface area (Å²) in [4.78, 5) is 8.78. The molecule has 2 heterocycles. The fourth-order valence-electron chi connectivity index (χ4n) is 2.45. The Kier molecular flexibility index (Phi) is 4.83. The second-order valence-corrected chi connectivity index (χ2v) is 5.59. The largest absolute Gasteiger partial charge is 0.444 e. The predicted octanol–water partition coefficient (Wildman–Crippen LogP) is 4.11. The molecule has 4 heteroatoms. The first kappa shape index (κ1) is 15.4. The molecule has 3 rings (SSSR count). The molecule has 0 aliphatic rings. The van der Waals surface area contributed by atoms with Gasteiger partial charge in [0.1, 0.15) is 12.0 Å². The van der Waals surface area contributed by atoms with Crippen molar-refractivity contribution in [3.63, 3.8) is 0 Å². The minimum absolute atomic E-state index is 0.446. The molecule has 0 aliphatic heterocycles. The third-order valence-corrected chi connectivity index (χ3v) is 3.64. The van der Waals surface area contributed by atoms with Gasteiger partial charge in [0.05, 0.1) is 13.2 Å². The van der Waals surface area contributed by atoms with Crippen molar-refractivity contribution in [3.05, 3.63) is 71.4 Å². The van der Waals surface area contributed by atoms with Crippen LogP contribution < -0.4 is 0 Å². The Morgan fingerprint density at radius 3 is 2.78 bits per heavy atom. The molecule has 4 nitrogen and oxygen atoms in total. The van der Waals surface area contributed by atoms with Gasteiger partial charge in [-0.15, -0.1) is 0 Å². The van der Waals surface area contributed by atoms with Gasteiger partial charge >= 0.3 is 0 Å². The van der Waals surface area contributed by atoms with Crippen molar-refractivity contribution in [1.29, 1.82) is 0 Å². The van der Waals surface area contributed by atoms with E-state index in [-0.39, 0.29) is 0 Å². The zero-order chi connectivity index (χ0) is 16.1. The fraction of sp³-hybridized carbons (Fsp3) is 0.263. The van der Waals surface area contributed by atoms with Crippen LogP contribution in [0.15, 0.2) is 53.3 Å². The van der Waals surface area contributed by atoms with E-state index in [4.69, 9.17) is 9.15 Å².